The standard InChI is InChI=1S/C18H25FN2O3S/c1-12-4-5-15(19)17(8-12)25(22,23)21-10-14-13(9-20(2)3)16-6-7-18(14,11-21)24-16/h4-5,8,13-14,16H,6-7,9-11H2,1-3H3/t13-,14+,16+,18+/m0/s1. The second-order valence-electron chi connectivity index (χ2n) is 8.02. The minimum absolute atomic E-state index is 0.191. The summed E-state index contributed by atoms with van der Waals surface area (Å²) in [5.74, 6) is -0.155. The van der Waals surface area contributed by atoms with Gasteiger partial charge in [-0.2, -0.15) is 4.31 Å². The summed E-state index contributed by atoms with van der Waals surface area (Å²) in [6.07, 6.45) is 2.11. The van der Waals surface area contributed by atoms with E-state index in [4.69, 9.17) is 4.74 Å². The summed E-state index contributed by atoms with van der Waals surface area (Å²) in [4.78, 5) is 1.92. The van der Waals surface area contributed by atoms with Crippen LogP contribution in [0, 0.1) is 24.6 Å². The van der Waals surface area contributed by atoms with Crippen molar-refractivity contribution in [1.82, 2.24) is 9.21 Å². The number of nitrogens with zero attached hydrogens (tertiary/aromatic N) is 2. The second kappa shape index (κ2) is 5.74. The molecule has 0 saturated carbocycles. The topological polar surface area (TPSA) is 49.9 Å². The molecule has 25 heavy (non-hydrogen) atoms. The number of aryl methyl sites for hydroxylation is 1. The van der Waals surface area contributed by atoms with Crippen molar-refractivity contribution in [2.24, 2.45) is 11.8 Å². The van der Waals surface area contributed by atoms with Gasteiger partial charge in [0.2, 0.25) is 10.0 Å². The molecule has 3 fully saturated rings. The third kappa shape index (κ3) is 2.63. The van der Waals surface area contributed by atoms with Gasteiger partial charge in [0.25, 0.3) is 0 Å². The van der Waals surface area contributed by atoms with E-state index in [0.29, 0.717) is 19.0 Å². The van der Waals surface area contributed by atoms with E-state index in [1.54, 1.807) is 13.0 Å². The number of rotatable bonds is 4. The van der Waals surface area contributed by atoms with Crippen molar-refractivity contribution in [3.05, 3.63) is 29.6 Å². The van der Waals surface area contributed by atoms with E-state index in [0.717, 1.165) is 24.9 Å². The van der Waals surface area contributed by atoms with Gasteiger partial charge in [-0.15, -0.1) is 0 Å². The molecule has 0 aromatic heterocycles. The van der Waals surface area contributed by atoms with Gasteiger partial charge >= 0.3 is 0 Å². The first-order valence-corrected chi connectivity index (χ1v) is 10.3. The van der Waals surface area contributed by atoms with Crippen LogP contribution in [0.3, 0.4) is 0 Å². The molecule has 1 aromatic carbocycles. The Morgan fingerprint density at radius 2 is 2.16 bits per heavy atom. The Morgan fingerprint density at radius 1 is 1.40 bits per heavy atom. The van der Waals surface area contributed by atoms with Crippen LogP contribution in [0.1, 0.15) is 18.4 Å². The van der Waals surface area contributed by atoms with Gasteiger partial charge in [0.1, 0.15) is 10.7 Å². The van der Waals surface area contributed by atoms with Gasteiger partial charge in [0, 0.05) is 31.5 Å². The van der Waals surface area contributed by atoms with E-state index in [2.05, 4.69) is 4.90 Å². The van der Waals surface area contributed by atoms with E-state index >= 15 is 0 Å². The Kier molecular flexibility index (Phi) is 3.99. The Balaban J connectivity index is 1.65. The van der Waals surface area contributed by atoms with Crippen LogP contribution < -0.4 is 0 Å². The van der Waals surface area contributed by atoms with E-state index in [1.165, 1.54) is 16.4 Å². The van der Waals surface area contributed by atoms with Gasteiger partial charge in [-0.05, 0) is 51.6 Å². The minimum atomic E-state index is -3.85. The molecule has 3 aliphatic heterocycles. The third-order valence-corrected chi connectivity index (χ3v) is 7.86. The molecule has 3 heterocycles. The molecule has 2 bridgehead atoms. The Bertz CT molecular complexity index is 798. The maximum atomic E-state index is 14.2. The van der Waals surface area contributed by atoms with E-state index in [1.807, 2.05) is 14.1 Å². The van der Waals surface area contributed by atoms with Crippen LogP contribution in [0.15, 0.2) is 23.1 Å². The van der Waals surface area contributed by atoms with E-state index < -0.39 is 15.8 Å². The van der Waals surface area contributed by atoms with Crippen LogP contribution in [0.5, 0.6) is 0 Å². The smallest absolute Gasteiger partial charge is 0.246 e. The van der Waals surface area contributed by atoms with Crippen LogP contribution in [-0.2, 0) is 14.8 Å². The van der Waals surface area contributed by atoms with Gasteiger partial charge in [0.15, 0.2) is 0 Å². The minimum Gasteiger partial charge on any atom is -0.370 e. The second-order valence-corrected chi connectivity index (χ2v) is 9.93. The van der Waals surface area contributed by atoms with Gasteiger partial charge in [-0.1, -0.05) is 6.07 Å². The normalized spacial score (nSPS) is 34.8. The number of hydrogen-bond donors (Lipinski definition) is 0. The van der Waals surface area contributed by atoms with Crippen molar-refractivity contribution in [3.63, 3.8) is 0 Å². The lowest BCUT2D eigenvalue weighted by molar-refractivity contribution is 0.00738. The fourth-order valence-corrected chi connectivity index (χ4v) is 6.62. The van der Waals surface area contributed by atoms with Crippen molar-refractivity contribution >= 4 is 10.0 Å². The number of sulfonamides is 1. The summed E-state index contributed by atoms with van der Waals surface area (Å²) >= 11 is 0. The Hall–Kier alpha value is -1.02. The van der Waals surface area contributed by atoms with E-state index in [-0.39, 0.29) is 22.5 Å². The molecule has 3 saturated heterocycles. The number of fused-ring (bicyclic) bond motifs is 1. The molecule has 4 rings (SSSR count). The third-order valence-electron chi connectivity index (χ3n) is 6.03. The molecule has 0 N–H and O–H groups in total. The van der Waals surface area contributed by atoms with Crippen molar-refractivity contribution in [1.29, 1.82) is 0 Å². The van der Waals surface area contributed by atoms with Crippen molar-refractivity contribution in [2.75, 3.05) is 33.7 Å². The lowest BCUT2D eigenvalue weighted by Gasteiger charge is -2.31. The summed E-state index contributed by atoms with van der Waals surface area (Å²) in [7, 11) is 0.213. The highest BCUT2D eigenvalue weighted by molar-refractivity contribution is 7.89. The van der Waals surface area contributed by atoms with Crippen molar-refractivity contribution in [3.8, 4) is 0 Å². The zero-order chi connectivity index (χ0) is 18.0. The van der Waals surface area contributed by atoms with Crippen LogP contribution in [0.4, 0.5) is 4.39 Å². The molecule has 3 aliphatic rings. The van der Waals surface area contributed by atoms with Crippen LogP contribution in [0.2, 0.25) is 0 Å². The first-order chi connectivity index (χ1) is 11.7. The molecular formula is C18H25FN2O3S. The first kappa shape index (κ1) is 17.4. The molecule has 7 heteroatoms. The molecule has 0 amide bonds. The van der Waals surface area contributed by atoms with Gasteiger partial charge < -0.3 is 9.64 Å². The Labute approximate surface area is 148 Å². The zero-order valence-corrected chi connectivity index (χ0v) is 15.7. The Morgan fingerprint density at radius 3 is 2.88 bits per heavy atom. The van der Waals surface area contributed by atoms with Gasteiger partial charge in [-0.3, -0.25) is 0 Å². The SMILES string of the molecule is Cc1ccc(F)c(S(=O)(=O)N2C[C@@H]3[C@H](CN(C)C)[C@H]4CC[C@]3(C2)O4)c1. The molecule has 0 aliphatic carbocycles. The van der Waals surface area contributed by atoms with Gasteiger partial charge in [0.05, 0.1) is 11.7 Å². The predicted octanol–water partition coefficient (Wildman–Crippen LogP) is 1.86. The zero-order valence-electron chi connectivity index (χ0n) is 14.9. The molecule has 4 atom stereocenters. The molecule has 5 nitrogen and oxygen atoms in total. The molecule has 1 spiro atoms. The average molecular weight is 368 g/mol. The molecule has 138 valence electrons. The number of hydrogen-bond acceptors (Lipinski definition) is 4. The number of halogens is 1. The van der Waals surface area contributed by atoms with Crippen molar-refractivity contribution < 1.29 is 17.5 Å². The van der Waals surface area contributed by atoms with Crippen molar-refractivity contribution in [2.45, 2.75) is 36.4 Å². The average Bonchev–Trinajstić information content (AvgIpc) is 3.19. The first-order valence-electron chi connectivity index (χ1n) is 8.82. The quantitative estimate of drug-likeness (QED) is 0.814. The van der Waals surface area contributed by atoms with Gasteiger partial charge in [-0.25, -0.2) is 12.8 Å². The monoisotopic (exact) mass is 368 g/mol. The molecule has 1 aromatic rings. The summed E-state index contributed by atoms with van der Waals surface area (Å²) in [5, 5.41) is 0. The molecule has 0 unspecified atom stereocenters. The maximum absolute atomic E-state index is 14.2. The number of benzene rings is 1. The highest BCUT2D eigenvalue weighted by atomic mass is 32.2. The number of ether oxygens (including phenoxy) is 1. The summed E-state index contributed by atoms with van der Waals surface area (Å²) in [6.45, 7) is 3.43. The van der Waals surface area contributed by atoms with Crippen LogP contribution in [0.25, 0.3) is 0 Å². The fourth-order valence-electron chi connectivity index (χ4n) is 4.94. The summed E-state index contributed by atoms with van der Waals surface area (Å²) in [5.41, 5.74) is 0.360. The molecular weight excluding hydrogens is 343 g/mol. The predicted molar refractivity (Wildman–Crippen MR) is 92.3 cm³/mol. The maximum Gasteiger partial charge on any atom is 0.246 e. The highest BCUT2D eigenvalue weighted by Gasteiger charge is 2.64. The van der Waals surface area contributed by atoms with Crippen LogP contribution in [-0.4, -0.2) is 63.1 Å². The fraction of sp³-hybridized carbons (Fsp3) is 0.667. The van der Waals surface area contributed by atoms with E-state index in [9.17, 15) is 12.8 Å². The largest absolute Gasteiger partial charge is 0.370 e. The van der Waals surface area contributed by atoms with Crippen LogP contribution >= 0.6 is 0 Å². The summed E-state index contributed by atoms with van der Waals surface area (Å²) < 4.78 is 48.0. The highest BCUT2D eigenvalue weighted by Crippen LogP contribution is 2.55. The lowest BCUT2D eigenvalue weighted by Crippen LogP contribution is -2.40. The lowest BCUT2D eigenvalue weighted by atomic mass is 9.73. The molecule has 0 radical (unpaired) electrons. The summed E-state index contributed by atoms with van der Waals surface area (Å²) in [6, 6.07) is 4.24.